The molecular weight excluding hydrogens is 565 g/mol. The van der Waals surface area contributed by atoms with Crippen molar-refractivity contribution in [2.45, 2.75) is 30.3 Å². The summed E-state index contributed by atoms with van der Waals surface area (Å²) in [6, 6.07) is 29.5. The minimum absolute atomic E-state index is 0.0203. The van der Waals surface area contributed by atoms with E-state index < -0.39 is 11.0 Å². The lowest BCUT2D eigenvalue weighted by atomic mass is 10.0. The SMILES string of the molecule is Cc1ccc(-n2c(SCc3ccc(F)cc3)nnc2C(Cc2ccccc2)NC(=O)C=Cc2ccc([N+](=O)[O-])cc2)cc1. The molecule has 0 radical (unpaired) electrons. The molecule has 0 aliphatic carbocycles. The molecule has 1 aromatic heterocycles. The van der Waals surface area contributed by atoms with Gasteiger partial charge in [0, 0.05) is 29.6 Å². The van der Waals surface area contributed by atoms with Gasteiger partial charge in [0.1, 0.15) is 5.82 Å². The number of aromatic nitrogens is 3. The first-order valence-corrected chi connectivity index (χ1v) is 14.5. The maximum Gasteiger partial charge on any atom is 0.269 e. The highest BCUT2D eigenvalue weighted by Crippen LogP contribution is 2.29. The molecule has 0 bridgehead atoms. The summed E-state index contributed by atoms with van der Waals surface area (Å²) >= 11 is 1.47. The van der Waals surface area contributed by atoms with Crippen LogP contribution < -0.4 is 5.32 Å². The van der Waals surface area contributed by atoms with Crippen molar-refractivity contribution in [3.63, 3.8) is 0 Å². The molecule has 0 fully saturated rings. The molecule has 1 N–H and O–H groups in total. The molecule has 0 spiro atoms. The zero-order valence-electron chi connectivity index (χ0n) is 23.3. The van der Waals surface area contributed by atoms with Gasteiger partial charge in [0.25, 0.3) is 5.69 Å². The highest BCUT2D eigenvalue weighted by molar-refractivity contribution is 7.98. The first-order valence-electron chi connectivity index (χ1n) is 13.5. The van der Waals surface area contributed by atoms with Crippen LogP contribution >= 0.6 is 11.8 Å². The molecule has 43 heavy (non-hydrogen) atoms. The lowest BCUT2D eigenvalue weighted by Crippen LogP contribution is -2.30. The molecule has 0 aliphatic rings. The van der Waals surface area contributed by atoms with Crippen molar-refractivity contribution in [2.75, 3.05) is 0 Å². The first kappa shape index (κ1) is 29.4. The maximum atomic E-state index is 13.4. The van der Waals surface area contributed by atoms with Crippen LogP contribution in [0.15, 0.2) is 114 Å². The number of hydrogen-bond donors (Lipinski definition) is 1. The average Bonchev–Trinajstić information content (AvgIpc) is 3.44. The Kier molecular flexibility index (Phi) is 9.38. The lowest BCUT2D eigenvalue weighted by Gasteiger charge is -2.20. The molecule has 10 heteroatoms. The van der Waals surface area contributed by atoms with E-state index in [1.807, 2.05) is 66.1 Å². The topological polar surface area (TPSA) is 103 Å². The minimum atomic E-state index is -0.537. The summed E-state index contributed by atoms with van der Waals surface area (Å²) in [7, 11) is 0. The molecule has 0 saturated heterocycles. The van der Waals surface area contributed by atoms with Crippen molar-refractivity contribution in [1.29, 1.82) is 0 Å². The van der Waals surface area contributed by atoms with Gasteiger partial charge in [0.2, 0.25) is 5.91 Å². The van der Waals surface area contributed by atoms with Gasteiger partial charge < -0.3 is 5.32 Å². The fraction of sp³-hybridized carbons (Fsp3) is 0.121. The Hall–Kier alpha value is -5.09. The molecule has 5 rings (SSSR count). The number of nitro groups is 1. The summed E-state index contributed by atoms with van der Waals surface area (Å²) in [5.41, 5.74) is 4.53. The van der Waals surface area contributed by atoms with E-state index >= 15 is 0 Å². The number of amides is 1. The van der Waals surface area contributed by atoms with Gasteiger partial charge in [0.15, 0.2) is 11.0 Å². The number of rotatable bonds is 11. The highest BCUT2D eigenvalue weighted by Gasteiger charge is 2.24. The van der Waals surface area contributed by atoms with E-state index in [4.69, 9.17) is 0 Å². The van der Waals surface area contributed by atoms with Gasteiger partial charge in [-0.05, 0) is 72.5 Å². The number of nitrogens with zero attached hydrogens (tertiary/aromatic N) is 4. The van der Waals surface area contributed by atoms with Gasteiger partial charge in [-0.2, -0.15) is 0 Å². The monoisotopic (exact) mass is 593 g/mol. The molecule has 216 valence electrons. The van der Waals surface area contributed by atoms with Gasteiger partial charge in [0.05, 0.1) is 11.0 Å². The Morgan fingerprint density at radius 3 is 2.33 bits per heavy atom. The molecule has 1 amide bonds. The predicted molar refractivity (Wildman–Crippen MR) is 165 cm³/mol. The van der Waals surface area contributed by atoms with E-state index in [0.717, 1.165) is 22.4 Å². The molecule has 1 heterocycles. The number of nitro benzene ring substituents is 1. The van der Waals surface area contributed by atoms with Gasteiger partial charge in [-0.1, -0.05) is 71.9 Å². The number of carbonyl (C=O) groups excluding carboxylic acids is 1. The number of aryl methyl sites for hydroxylation is 1. The Labute approximate surface area is 252 Å². The van der Waals surface area contributed by atoms with Crippen molar-refractivity contribution in [2.24, 2.45) is 0 Å². The normalized spacial score (nSPS) is 11.9. The number of benzene rings is 4. The Morgan fingerprint density at radius 1 is 0.953 bits per heavy atom. The fourth-order valence-corrected chi connectivity index (χ4v) is 5.34. The molecule has 0 saturated carbocycles. The van der Waals surface area contributed by atoms with E-state index in [-0.39, 0.29) is 17.4 Å². The third kappa shape index (κ3) is 7.81. The standard InChI is InChI=1S/C33H28FN5O3S/c1-23-7-16-28(17-8-23)38-32(36-37-33(38)43-22-26-9-14-27(34)15-10-26)30(21-25-5-3-2-4-6-25)35-31(40)20-13-24-11-18-29(19-12-24)39(41)42/h2-20,30H,21-22H2,1H3,(H,35,40). The summed E-state index contributed by atoms with van der Waals surface area (Å²) < 4.78 is 15.4. The predicted octanol–water partition coefficient (Wildman–Crippen LogP) is 7.03. The van der Waals surface area contributed by atoms with Gasteiger partial charge in [-0.3, -0.25) is 19.5 Å². The minimum Gasteiger partial charge on any atom is -0.342 e. The van der Waals surface area contributed by atoms with Crippen LogP contribution in [0.1, 0.15) is 34.1 Å². The number of hydrogen-bond acceptors (Lipinski definition) is 6. The number of nitrogens with one attached hydrogen (secondary N) is 1. The molecular formula is C33H28FN5O3S. The zero-order chi connectivity index (χ0) is 30.2. The van der Waals surface area contributed by atoms with Gasteiger partial charge in [-0.25, -0.2) is 4.39 Å². The Bertz CT molecular complexity index is 1720. The van der Waals surface area contributed by atoms with Crippen LogP contribution in [0, 0.1) is 22.9 Å². The summed E-state index contributed by atoms with van der Waals surface area (Å²) in [6.07, 6.45) is 3.47. The average molecular weight is 594 g/mol. The van der Waals surface area contributed by atoms with Crippen LogP contribution in [0.3, 0.4) is 0 Å². The van der Waals surface area contributed by atoms with Crippen molar-refractivity contribution in [1.82, 2.24) is 20.1 Å². The number of carbonyl (C=O) groups is 1. The van der Waals surface area contributed by atoms with Gasteiger partial charge in [-0.15, -0.1) is 10.2 Å². The number of thioether (sulfide) groups is 1. The van der Waals surface area contributed by atoms with E-state index in [1.54, 1.807) is 30.3 Å². The summed E-state index contributed by atoms with van der Waals surface area (Å²) in [6.45, 7) is 2.01. The van der Waals surface area contributed by atoms with Crippen LogP contribution in [-0.2, 0) is 17.0 Å². The second-order valence-corrected chi connectivity index (χ2v) is 10.8. The zero-order valence-corrected chi connectivity index (χ0v) is 24.1. The number of halogens is 1. The second-order valence-electron chi connectivity index (χ2n) is 9.86. The van der Waals surface area contributed by atoms with Crippen LogP contribution in [0.5, 0.6) is 0 Å². The van der Waals surface area contributed by atoms with Crippen molar-refractivity contribution >= 4 is 29.4 Å². The van der Waals surface area contributed by atoms with Crippen molar-refractivity contribution in [3.05, 3.63) is 153 Å². The largest absolute Gasteiger partial charge is 0.342 e. The third-order valence-electron chi connectivity index (χ3n) is 6.67. The molecule has 1 unspecified atom stereocenters. The maximum absolute atomic E-state index is 13.4. The fourth-order valence-electron chi connectivity index (χ4n) is 4.42. The molecule has 4 aromatic carbocycles. The van der Waals surface area contributed by atoms with Crippen LogP contribution in [-0.4, -0.2) is 25.6 Å². The lowest BCUT2D eigenvalue weighted by molar-refractivity contribution is -0.384. The van der Waals surface area contributed by atoms with Crippen molar-refractivity contribution < 1.29 is 14.1 Å². The summed E-state index contributed by atoms with van der Waals surface area (Å²) in [5, 5.41) is 23.8. The van der Waals surface area contributed by atoms with E-state index in [1.165, 1.54) is 42.1 Å². The number of non-ortho nitro benzene ring substituents is 1. The van der Waals surface area contributed by atoms with Crippen LogP contribution in [0.2, 0.25) is 0 Å². The van der Waals surface area contributed by atoms with E-state index in [0.29, 0.717) is 28.7 Å². The Morgan fingerprint density at radius 2 is 1.65 bits per heavy atom. The molecule has 8 nitrogen and oxygen atoms in total. The quantitative estimate of drug-likeness (QED) is 0.0764. The molecule has 1 atom stereocenters. The molecule has 5 aromatic rings. The van der Waals surface area contributed by atoms with E-state index in [2.05, 4.69) is 15.5 Å². The van der Waals surface area contributed by atoms with Crippen LogP contribution in [0.25, 0.3) is 11.8 Å². The first-order chi connectivity index (χ1) is 20.9. The smallest absolute Gasteiger partial charge is 0.269 e. The summed E-state index contributed by atoms with van der Waals surface area (Å²) in [4.78, 5) is 23.7. The van der Waals surface area contributed by atoms with Crippen molar-refractivity contribution in [3.8, 4) is 5.69 Å². The highest BCUT2D eigenvalue weighted by atomic mass is 32.2. The summed E-state index contributed by atoms with van der Waals surface area (Å²) in [5.74, 6) is 0.475. The molecule has 0 aliphatic heterocycles. The van der Waals surface area contributed by atoms with Gasteiger partial charge >= 0.3 is 0 Å². The van der Waals surface area contributed by atoms with Crippen LogP contribution in [0.4, 0.5) is 10.1 Å². The Balaban J connectivity index is 1.46. The second kappa shape index (κ2) is 13.7. The van der Waals surface area contributed by atoms with E-state index in [9.17, 15) is 19.3 Å². The third-order valence-corrected chi connectivity index (χ3v) is 7.67.